The highest BCUT2D eigenvalue weighted by molar-refractivity contribution is 5.76. The number of ether oxygens (including phenoxy) is 1. The monoisotopic (exact) mass is 255 g/mol. The molecule has 0 aromatic heterocycles. The van der Waals surface area contributed by atoms with E-state index in [-0.39, 0.29) is 19.6 Å². The molecule has 1 N–H and O–H groups in total. The Morgan fingerprint density at radius 2 is 2.11 bits per heavy atom. The van der Waals surface area contributed by atoms with Gasteiger partial charge in [0, 0.05) is 12.5 Å². The van der Waals surface area contributed by atoms with Crippen LogP contribution in [0.5, 0.6) is 0 Å². The summed E-state index contributed by atoms with van der Waals surface area (Å²) in [5.41, 5.74) is 0.884. The van der Waals surface area contributed by atoms with Crippen molar-refractivity contribution < 1.29 is 18.3 Å². The van der Waals surface area contributed by atoms with E-state index in [1.54, 1.807) is 0 Å². The lowest BCUT2D eigenvalue weighted by Crippen LogP contribution is -2.32. The number of benzene rings is 1. The van der Waals surface area contributed by atoms with Crippen LogP contribution >= 0.6 is 0 Å². The Bertz CT molecular complexity index is 397. The summed E-state index contributed by atoms with van der Waals surface area (Å²) in [6.45, 7) is 0.347. The molecule has 1 fully saturated rings. The maximum atomic E-state index is 12.4. The first-order valence-electron chi connectivity index (χ1n) is 5.89. The predicted molar refractivity (Wildman–Crippen MR) is 62.1 cm³/mol. The van der Waals surface area contributed by atoms with Gasteiger partial charge in [0.2, 0.25) is 6.43 Å². The molecule has 2 atom stereocenters. The van der Waals surface area contributed by atoms with E-state index in [1.165, 1.54) is 0 Å². The van der Waals surface area contributed by atoms with Crippen LogP contribution in [-0.4, -0.2) is 25.0 Å². The van der Waals surface area contributed by atoms with E-state index < -0.39 is 24.4 Å². The van der Waals surface area contributed by atoms with Gasteiger partial charge in [-0.05, 0) is 12.0 Å². The quantitative estimate of drug-likeness (QED) is 0.836. The first kappa shape index (κ1) is 13.0. The number of carbonyl (C=O) groups is 1. The van der Waals surface area contributed by atoms with Crippen LogP contribution in [0.2, 0.25) is 0 Å². The first-order chi connectivity index (χ1) is 8.66. The molecule has 0 radical (unpaired) electrons. The van der Waals surface area contributed by atoms with Gasteiger partial charge in [-0.3, -0.25) is 4.79 Å². The van der Waals surface area contributed by atoms with Crippen LogP contribution < -0.4 is 5.32 Å². The summed E-state index contributed by atoms with van der Waals surface area (Å²) in [7, 11) is 0. The van der Waals surface area contributed by atoms with Crippen molar-refractivity contribution in [3.8, 4) is 0 Å². The normalized spacial score (nSPS) is 23.3. The highest BCUT2D eigenvalue weighted by Gasteiger charge is 2.35. The number of halogens is 2. The Labute approximate surface area is 104 Å². The number of carbonyl (C=O) groups excluding carboxylic acids is 1. The van der Waals surface area contributed by atoms with Crippen molar-refractivity contribution in [3.05, 3.63) is 35.9 Å². The van der Waals surface area contributed by atoms with Gasteiger partial charge in [-0.2, -0.15) is 0 Å². The van der Waals surface area contributed by atoms with Crippen LogP contribution in [0, 0.1) is 5.92 Å². The molecule has 98 valence electrons. The molecule has 18 heavy (non-hydrogen) atoms. The molecular weight excluding hydrogens is 240 g/mol. The molecule has 5 heteroatoms. The molecule has 0 amide bonds. The lowest BCUT2D eigenvalue weighted by Gasteiger charge is -2.10. The topological polar surface area (TPSA) is 38.3 Å². The Morgan fingerprint density at radius 3 is 2.72 bits per heavy atom. The van der Waals surface area contributed by atoms with Crippen molar-refractivity contribution >= 4 is 5.97 Å². The van der Waals surface area contributed by atoms with E-state index in [1.807, 2.05) is 30.3 Å². The van der Waals surface area contributed by atoms with Gasteiger partial charge in [0.05, 0.1) is 0 Å². The number of alkyl halides is 2. The number of esters is 1. The highest BCUT2D eigenvalue weighted by Crippen LogP contribution is 2.21. The average Bonchev–Trinajstić information content (AvgIpc) is 2.87. The third-order valence-electron chi connectivity index (χ3n) is 3.03. The van der Waals surface area contributed by atoms with E-state index in [2.05, 4.69) is 5.32 Å². The number of hydrogen-bond donors (Lipinski definition) is 1. The van der Waals surface area contributed by atoms with E-state index in [0.29, 0.717) is 0 Å². The Hall–Kier alpha value is -1.49. The van der Waals surface area contributed by atoms with Gasteiger partial charge in [-0.1, -0.05) is 30.3 Å². The van der Waals surface area contributed by atoms with Crippen LogP contribution in [-0.2, 0) is 16.1 Å². The standard InChI is InChI=1S/C13H15F2NO2/c14-12(15)10-6-11(16-7-10)13(17)18-8-9-4-2-1-3-5-9/h1-5,10-12,16H,6-8H2/t10-,11+/m1/s1. The molecule has 1 aliphatic rings. The second-order valence-electron chi connectivity index (χ2n) is 4.38. The van der Waals surface area contributed by atoms with Gasteiger partial charge in [0.25, 0.3) is 0 Å². The van der Waals surface area contributed by atoms with Crippen molar-refractivity contribution in [1.82, 2.24) is 5.32 Å². The van der Waals surface area contributed by atoms with Gasteiger partial charge in [-0.15, -0.1) is 0 Å². The SMILES string of the molecule is O=C(OCc1ccccc1)[C@@H]1C[C@@H](C(F)F)CN1. The zero-order chi connectivity index (χ0) is 13.0. The lowest BCUT2D eigenvalue weighted by atomic mass is 10.1. The molecule has 0 saturated carbocycles. The molecule has 3 nitrogen and oxygen atoms in total. The third kappa shape index (κ3) is 3.26. The molecule has 0 unspecified atom stereocenters. The molecule has 0 bridgehead atoms. The smallest absolute Gasteiger partial charge is 0.323 e. The minimum Gasteiger partial charge on any atom is -0.460 e. The molecule has 1 aromatic rings. The van der Waals surface area contributed by atoms with E-state index in [0.717, 1.165) is 5.56 Å². The van der Waals surface area contributed by atoms with Crippen molar-refractivity contribution in [3.63, 3.8) is 0 Å². The van der Waals surface area contributed by atoms with E-state index >= 15 is 0 Å². The van der Waals surface area contributed by atoms with Gasteiger partial charge >= 0.3 is 5.97 Å². The van der Waals surface area contributed by atoms with Crippen molar-refractivity contribution in [1.29, 1.82) is 0 Å². The fourth-order valence-corrected chi connectivity index (χ4v) is 1.96. The zero-order valence-corrected chi connectivity index (χ0v) is 9.81. The van der Waals surface area contributed by atoms with Gasteiger partial charge < -0.3 is 10.1 Å². The molecule has 1 heterocycles. The predicted octanol–water partition coefficient (Wildman–Crippen LogP) is 1.97. The molecule has 1 aromatic carbocycles. The molecular formula is C13H15F2NO2. The minimum absolute atomic E-state index is 0.144. The summed E-state index contributed by atoms with van der Waals surface area (Å²) in [5.74, 6) is -1.21. The summed E-state index contributed by atoms with van der Waals surface area (Å²) in [6, 6.07) is 8.66. The third-order valence-corrected chi connectivity index (χ3v) is 3.03. The second kappa shape index (κ2) is 5.91. The van der Waals surface area contributed by atoms with Crippen LogP contribution in [0.15, 0.2) is 30.3 Å². The largest absolute Gasteiger partial charge is 0.460 e. The van der Waals surface area contributed by atoms with E-state index in [9.17, 15) is 13.6 Å². The lowest BCUT2D eigenvalue weighted by molar-refractivity contribution is -0.147. The molecule has 1 aliphatic heterocycles. The number of nitrogens with one attached hydrogen (secondary N) is 1. The highest BCUT2D eigenvalue weighted by atomic mass is 19.3. The van der Waals surface area contributed by atoms with Gasteiger partial charge in [0.15, 0.2) is 0 Å². The van der Waals surface area contributed by atoms with Crippen molar-refractivity contribution in [2.24, 2.45) is 5.92 Å². The van der Waals surface area contributed by atoms with Crippen LogP contribution in [0.3, 0.4) is 0 Å². The number of rotatable bonds is 4. The average molecular weight is 255 g/mol. The Balaban J connectivity index is 1.79. The van der Waals surface area contributed by atoms with Gasteiger partial charge in [-0.25, -0.2) is 8.78 Å². The fourth-order valence-electron chi connectivity index (χ4n) is 1.96. The van der Waals surface area contributed by atoms with Crippen LogP contribution in [0.1, 0.15) is 12.0 Å². The Kier molecular flexibility index (Phi) is 4.25. The van der Waals surface area contributed by atoms with Crippen molar-refractivity contribution in [2.75, 3.05) is 6.54 Å². The summed E-state index contributed by atoms with van der Waals surface area (Å²) in [4.78, 5) is 11.7. The van der Waals surface area contributed by atoms with E-state index in [4.69, 9.17) is 4.74 Å². The summed E-state index contributed by atoms with van der Waals surface area (Å²) in [5, 5.41) is 2.77. The first-order valence-corrected chi connectivity index (χ1v) is 5.89. The van der Waals surface area contributed by atoms with Gasteiger partial charge in [0.1, 0.15) is 12.6 Å². The van der Waals surface area contributed by atoms with Crippen molar-refractivity contribution in [2.45, 2.75) is 25.5 Å². The maximum absolute atomic E-state index is 12.4. The molecule has 2 rings (SSSR count). The Morgan fingerprint density at radius 1 is 1.39 bits per heavy atom. The fraction of sp³-hybridized carbons (Fsp3) is 0.462. The summed E-state index contributed by atoms with van der Waals surface area (Å²) >= 11 is 0. The van der Waals surface area contributed by atoms with Crippen LogP contribution in [0.25, 0.3) is 0 Å². The minimum atomic E-state index is -2.38. The molecule has 1 saturated heterocycles. The summed E-state index contributed by atoms with van der Waals surface area (Å²) < 4.78 is 30.0. The maximum Gasteiger partial charge on any atom is 0.323 e. The summed E-state index contributed by atoms with van der Waals surface area (Å²) in [6.07, 6.45) is -2.24. The zero-order valence-electron chi connectivity index (χ0n) is 9.81. The molecule has 0 spiro atoms. The second-order valence-corrected chi connectivity index (χ2v) is 4.38. The van der Waals surface area contributed by atoms with Crippen LogP contribution in [0.4, 0.5) is 8.78 Å². The molecule has 0 aliphatic carbocycles. The number of hydrogen-bond acceptors (Lipinski definition) is 3.